The number of benzene rings is 8. The molecule has 4 nitrogen and oxygen atoms in total. The fourth-order valence-electron chi connectivity index (χ4n) is 24.6. The zero-order valence-corrected chi connectivity index (χ0v) is 68.7. The van der Waals surface area contributed by atoms with Gasteiger partial charge in [-0.3, -0.25) is 0 Å². The van der Waals surface area contributed by atoms with Crippen LogP contribution in [-0.2, 0) is 14.9 Å². The van der Waals surface area contributed by atoms with Gasteiger partial charge in [0.15, 0.2) is 0 Å². The summed E-state index contributed by atoms with van der Waals surface area (Å²) in [6, 6.07) is 71.0. The van der Waals surface area contributed by atoms with Crippen LogP contribution >= 0.6 is 17.0 Å². The first-order valence-corrected chi connectivity index (χ1v) is 53.7. The molecule has 2 fully saturated rings. The molecule has 8 unspecified atom stereocenters. The molecule has 0 aromatic heterocycles. The van der Waals surface area contributed by atoms with Crippen molar-refractivity contribution in [3.05, 3.63) is 405 Å². The van der Waals surface area contributed by atoms with Gasteiger partial charge >= 0.3 is 597 Å². The van der Waals surface area contributed by atoms with Crippen LogP contribution < -0.4 is 18.9 Å². The van der Waals surface area contributed by atoms with Crippen LogP contribution in [0.5, 0.6) is 23.0 Å². The van der Waals surface area contributed by atoms with Crippen LogP contribution in [-0.4, -0.2) is 46.0 Å². The van der Waals surface area contributed by atoms with Gasteiger partial charge in [-0.2, -0.15) is 0 Å². The van der Waals surface area contributed by atoms with Crippen molar-refractivity contribution in [3.8, 4) is 67.5 Å². The van der Waals surface area contributed by atoms with Crippen molar-refractivity contribution in [1.82, 2.24) is 0 Å². The predicted octanol–water partition coefficient (Wildman–Crippen LogP) is 25.4. The van der Waals surface area contributed by atoms with Crippen LogP contribution in [0, 0.1) is 0 Å². The quantitative estimate of drug-likeness (QED) is 0.114. The fourth-order valence-corrected chi connectivity index (χ4v) is 148. The summed E-state index contributed by atoms with van der Waals surface area (Å²) in [6.07, 6.45) is 49.2. The van der Waals surface area contributed by atoms with E-state index in [9.17, 15) is 17.0 Å². The van der Waals surface area contributed by atoms with Gasteiger partial charge in [0.2, 0.25) is 0 Å². The van der Waals surface area contributed by atoms with E-state index in [4.69, 9.17) is 18.9 Å². The molecule has 530 valence electrons. The first kappa shape index (κ1) is 69.4. The van der Waals surface area contributed by atoms with E-state index in [-0.39, 0.29) is 23.7 Å². The number of ether oxygens (including phenoxy) is 4. The molecule has 8 aromatic rings. The van der Waals surface area contributed by atoms with Gasteiger partial charge in [0, 0.05) is 0 Å². The number of allylic oxidation sites excluding steroid dienone is 32. The Bertz CT molecular complexity index is 4930. The third-order valence-corrected chi connectivity index (χ3v) is 113. The third-order valence-electron chi connectivity index (χ3n) is 27.9. The normalized spacial score (nSPS) is 28.7. The molecule has 8 atom stereocenters. The summed E-state index contributed by atoms with van der Waals surface area (Å²) >= 11 is -7.78. The SMILES string of the molecule is COc1ccc(-c2ccc(C3C=CC=CC4=C3C=C(C)[C]43[SiH](C)[C]4(C(C)=CC5=C4C=CC=CC5c4ccc(-c5ccc(OC)cc5)cc4)[Zr]34([Cl])([Cl])[C]3(C(C)=CC5=C3C=CC=CC5c3ccc(-c5ccc(OC)cc5)cc3)[SiH](C)[C]43C(C)=CC4=C3C=CC=CC4c3ccc(-c4ccc(OC)cc4)cc3)cc2)cc1. The molecule has 8 aromatic carbocycles. The van der Waals surface area contributed by atoms with Gasteiger partial charge < -0.3 is 18.9 Å². The zero-order valence-electron chi connectivity index (χ0n) is 62.4. The van der Waals surface area contributed by atoms with E-state index < -0.39 is 43.5 Å². The fraction of sp³-hybridized carbons (Fsp3) is 0.184. The molecule has 0 bridgehead atoms. The van der Waals surface area contributed by atoms with Crippen molar-refractivity contribution in [1.29, 1.82) is 0 Å². The van der Waals surface area contributed by atoms with E-state index in [0.29, 0.717) is 0 Å². The van der Waals surface area contributed by atoms with Crippen LogP contribution in [0.1, 0.15) is 73.6 Å². The first-order chi connectivity index (χ1) is 52.0. The standard InChI is InChI=1S/2C49H44O2Si.2ClH.Zr/c2*1-32-30-46-42(38-18-14-34(15-19-38)36-22-26-40(50-3)27-23-36)10-6-8-12-44(46)48(32)52(5)49-33(2)31-47-43(11-7-9-13-45(47)49)39-20-16-35(17-21-39)37-24-28-41(51-4)29-25-37;;;/h2*6-31,42-43,52H,1-5H3;2*1H;/q;;;;+2/p-2. The van der Waals surface area contributed by atoms with E-state index in [0.717, 1.165) is 67.5 Å². The molecule has 2 saturated heterocycles. The van der Waals surface area contributed by atoms with Crippen molar-refractivity contribution < 1.29 is 33.9 Å². The first-order valence-electron chi connectivity index (χ1n) is 37.8. The van der Waals surface area contributed by atoms with Crippen LogP contribution in [0.4, 0.5) is 0 Å². The average molecular weight is 1550 g/mol. The Kier molecular flexibility index (Phi) is 16.3. The maximum absolute atomic E-state index is 11.6. The third kappa shape index (κ3) is 8.54. The Labute approximate surface area is 639 Å². The van der Waals surface area contributed by atoms with Crippen molar-refractivity contribution in [3.63, 3.8) is 0 Å². The van der Waals surface area contributed by atoms with Crippen LogP contribution in [0.25, 0.3) is 44.5 Å². The number of rotatable bonds is 12. The second kappa shape index (κ2) is 25.1. The molecule has 107 heavy (non-hydrogen) atoms. The summed E-state index contributed by atoms with van der Waals surface area (Å²) in [5.74, 6) is 2.95. The van der Waals surface area contributed by atoms with Gasteiger partial charge in [-0.1, -0.05) is 0 Å². The minimum absolute atomic E-state index is 0.104. The average Bonchev–Trinajstić information content (AvgIpc) is 1.50. The van der Waals surface area contributed by atoms with Crippen molar-refractivity contribution in [2.75, 3.05) is 28.4 Å². The molecule has 2 heterocycles. The minimum atomic E-state index is -7.78. The molecule has 9 heteroatoms. The topological polar surface area (TPSA) is 36.9 Å². The summed E-state index contributed by atoms with van der Waals surface area (Å²) in [7, 11) is 24.8. The summed E-state index contributed by atoms with van der Waals surface area (Å²) in [5, 5.41) is 0. The number of halogens is 2. The molecule has 0 amide bonds. The van der Waals surface area contributed by atoms with Gasteiger partial charge in [0.05, 0.1) is 28.4 Å². The number of hydrogen-bond acceptors (Lipinski definition) is 4. The van der Waals surface area contributed by atoms with E-state index in [1.165, 1.54) is 89.1 Å². The summed E-state index contributed by atoms with van der Waals surface area (Å²) < 4.78 is 19.3. The molecule has 5 spiro atoms. The van der Waals surface area contributed by atoms with Crippen LogP contribution in [0.15, 0.2) is 383 Å². The van der Waals surface area contributed by atoms with Gasteiger partial charge in [-0.05, 0) is 0 Å². The van der Waals surface area contributed by atoms with E-state index in [1.54, 1.807) is 28.4 Å². The second-order valence-electron chi connectivity index (χ2n) is 31.3. The predicted molar refractivity (Wildman–Crippen MR) is 449 cm³/mol. The van der Waals surface area contributed by atoms with E-state index in [1.807, 2.05) is 48.5 Å². The van der Waals surface area contributed by atoms with Gasteiger partial charge in [-0.25, -0.2) is 0 Å². The van der Waals surface area contributed by atoms with Gasteiger partial charge in [0.1, 0.15) is 0 Å². The molecule has 0 saturated carbocycles. The Morgan fingerprint density at radius 2 is 0.449 bits per heavy atom. The number of fused-ring (bicyclic) bond motifs is 8. The second-order valence-corrected chi connectivity index (χ2v) is 71.2. The molecule has 0 radical (unpaired) electrons. The molecular formula is C98H88Cl2O4Si2Zr. The van der Waals surface area contributed by atoms with Crippen molar-refractivity contribution >= 4 is 34.6 Å². The van der Waals surface area contributed by atoms with Crippen LogP contribution in [0.3, 0.4) is 0 Å². The number of hydrogen-bond donors (Lipinski definition) is 0. The molecule has 18 rings (SSSR count). The molecular weight excluding hydrogens is 1460 g/mol. The molecule has 10 aliphatic rings. The van der Waals surface area contributed by atoms with E-state index in [2.05, 4.69) is 308 Å². The Morgan fingerprint density at radius 1 is 0.271 bits per heavy atom. The molecule has 0 N–H and O–H groups in total. The maximum atomic E-state index is 11.6. The van der Waals surface area contributed by atoms with Crippen LogP contribution in [0.2, 0.25) is 24.1 Å². The Balaban J connectivity index is 0.929. The molecule has 2 aliphatic heterocycles. The van der Waals surface area contributed by atoms with Crippen molar-refractivity contribution in [2.45, 2.75) is 75.4 Å². The molecule has 8 aliphatic carbocycles. The Morgan fingerprint density at radius 3 is 0.626 bits per heavy atom. The number of methoxy groups -OCH3 is 4. The zero-order chi connectivity index (χ0) is 73.6. The van der Waals surface area contributed by atoms with E-state index >= 15 is 0 Å². The Hall–Kier alpha value is -9.30. The van der Waals surface area contributed by atoms with Gasteiger partial charge in [0.25, 0.3) is 0 Å². The van der Waals surface area contributed by atoms with Crippen molar-refractivity contribution in [2.24, 2.45) is 0 Å². The summed E-state index contributed by atoms with van der Waals surface area (Å²) in [6.45, 7) is 15.5. The monoisotopic (exact) mass is 1540 g/mol. The summed E-state index contributed by atoms with van der Waals surface area (Å²) in [4.78, 5) is 0. The van der Waals surface area contributed by atoms with Gasteiger partial charge in [-0.15, -0.1) is 0 Å². The summed E-state index contributed by atoms with van der Waals surface area (Å²) in [5.41, 5.74) is 30.1.